The molecule has 0 saturated carbocycles. The molecule has 0 bridgehead atoms. The molecule has 1 atom stereocenters. The molecule has 1 aromatic rings. The van der Waals surface area contributed by atoms with Crippen molar-refractivity contribution in [1.82, 2.24) is 15.1 Å². The summed E-state index contributed by atoms with van der Waals surface area (Å²) in [6.45, 7) is 3.81. The first kappa shape index (κ1) is 19.2. The molecule has 0 aromatic heterocycles. The lowest BCUT2D eigenvalue weighted by molar-refractivity contribution is -0.130. The Morgan fingerprint density at radius 1 is 1.28 bits per heavy atom. The summed E-state index contributed by atoms with van der Waals surface area (Å²) >= 11 is 0. The maximum absolute atomic E-state index is 12.3. The van der Waals surface area contributed by atoms with E-state index in [4.69, 9.17) is 4.74 Å². The lowest BCUT2D eigenvalue weighted by Gasteiger charge is -2.25. The minimum atomic E-state index is 0.124. The number of aliphatic imine (C=N–C) groups is 1. The van der Waals surface area contributed by atoms with Crippen molar-refractivity contribution in [2.24, 2.45) is 10.9 Å². The summed E-state index contributed by atoms with van der Waals surface area (Å²) in [7, 11) is 5.64. The second-order valence-corrected chi connectivity index (χ2v) is 6.57. The van der Waals surface area contributed by atoms with Crippen LogP contribution in [0.3, 0.4) is 0 Å². The highest BCUT2D eigenvalue weighted by molar-refractivity contribution is 5.81. The lowest BCUT2D eigenvalue weighted by atomic mass is 10.1. The first-order chi connectivity index (χ1) is 12.1. The first-order valence-corrected chi connectivity index (χ1v) is 8.87. The first-order valence-electron chi connectivity index (χ1n) is 8.87. The number of ether oxygens (including phenoxy) is 1. The molecule has 25 heavy (non-hydrogen) atoms. The van der Waals surface area contributed by atoms with E-state index in [-0.39, 0.29) is 5.91 Å². The molecule has 0 spiro atoms. The largest absolute Gasteiger partial charge is 0.381 e. The summed E-state index contributed by atoms with van der Waals surface area (Å²) in [5.74, 6) is 1.51. The number of amides is 1. The highest BCUT2D eigenvalue weighted by Crippen LogP contribution is 2.13. The van der Waals surface area contributed by atoms with Crippen molar-refractivity contribution in [2.75, 3.05) is 47.4 Å². The van der Waals surface area contributed by atoms with Crippen molar-refractivity contribution < 1.29 is 9.53 Å². The number of nitrogens with zero attached hydrogens (tertiary/aromatic N) is 3. The molecule has 1 aromatic carbocycles. The standard InChI is InChI=1S/C19H30N4O2/c1-20-19(23(3)14-17-10-12-25-15-17)21-11-9-18(24)22(2)13-16-7-5-4-6-8-16/h4-8,17H,9-15H2,1-3H3,(H,20,21). The lowest BCUT2D eigenvalue weighted by Crippen LogP contribution is -2.42. The van der Waals surface area contributed by atoms with Crippen molar-refractivity contribution >= 4 is 11.9 Å². The molecule has 2 rings (SSSR count). The van der Waals surface area contributed by atoms with Crippen LogP contribution in [0.1, 0.15) is 18.4 Å². The van der Waals surface area contributed by atoms with E-state index in [0.717, 1.165) is 37.7 Å². The van der Waals surface area contributed by atoms with Crippen LogP contribution in [-0.4, -0.2) is 69.1 Å². The van der Waals surface area contributed by atoms with Crippen molar-refractivity contribution in [3.05, 3.63) is 35.9 Å². The molecule has 6 nitrogen and oxygen atoms in total. The minimum absolute atomic E-state index is 0.124. The number of guanidine groups is 1. The predicted molar refractivity (Wildman–Crippen MR) is 100 cm³/mol. The third-order valence-electron chi connectivity index (χ3n) is 4.44. The Morgan fingerprint density at radius 2 is 2.04 bits per heavy atom. The highest BCUT2D eigenvalue weighted by atomic mass is 16.5. The Kier molecular flexibility index (Phi) is 7.73. The van der Waals surface area contributed by atoms with E-state index in [2.05, 4.69) is 15.2 Å². The maximum atomic E-state index is 12.3. The Bertz CT molecular complexity index is 556. The average molecular weight is 346 g/mol. The van der Waals surface area contributed by atoms with Gasteiger partial charge in [-0.15, -0.1) is 0 Å². The summed E-state index contributed by atoms with van der Waals surface area (Å²) in [5.41, 5.74) is 1.14. The van der Waals surface area contributed by atoms with Crippen LogP contribution in [0.2, 0.25) is 0 Å². The van der Waals surface area contributed by atoms with Gasteiger partial charge in [0.1, 0.15) is 0 Å². The second kappa shape index (κ2) is 10.0. The second-order valence-electron chi connectivity index (χ2n) is 6.57. The fourth-order valence-electron chi connectivity index (χ4n) is 3.00. The van der Waals surface area contributed by atoms with E-state index in [1.165, 1.54) is 0 Å². The molecule has 1 fully saturated rings. The van der Waals surface area contributed by atoms with E-state index in [1.54, 1.807) is 11.9 Å². The molecule has 1 saturated heterocycles. The summed E-state index contributed by atoms with van der Waals surface area (Å²) in [4.78, 5) is 20.5. The molecule has 1 N–H and O–H groups in total. The van der Waals surface area contributed by atoms with Gasteiger partial charge in [-0.05, 0) is 12.0 Å². The van der Waals surface area contributed by atoms with E-state index in [1.807, 2.05) is 44.4 Å². The van der Waals surface area contributed by atoms with E-state index >= 15 is 0 Å². The zero-order chi connectivity index (χ0) is 18.1. The van der Waals surface area contributed by atoms with Crippen LogP contribution < -0.4 is 5.32 Å². The number of carbonyl (C=O) groups is 1. The smallest absolute Gasteiger partial charge is 0.224 e. The van der Waals surface area contributed by atoms with E-state index < -0.39 is 0 Å². The van der Waals surface area contributed by atoms with Crippen LogP contribution in [0.15, 0.2) is 35.3 Å². The van der Waals surface area contributed by atoms with Crippen LogP contribution in [0.25, 0.3) is 0 Å². The average Bonchev–Trinajstić information content (AvgIpc) is 3.12. The molecule has 1 heterocycles. The number of benzene rings is 1. The van der Waals surface area contributed by atoms with Gasteiger partial charge in [-0.1, -0.05) is 30.3 Å². The van der Waals surface area contributed by atoms with Gasteiger partial charge in [0.15, 0.2) is 5.96 Å². The fourth-order valence-corrected chi connectivity index (χ4v) is 3.00. The third kappa shape index (κ3) is 6.38. The molecule has 0 radical (unpaired) electrons. The van der Waals surface area contributed by atoms with Crippen LogP contribution in [-0.2, 0) is 16.1 Å². The minimum Gasteiger partial charge on any atom is -0.381 e. The highest BCUT2D eigenvalue weighted by Gasteiger charge is 2.19. The Hall–Kier alpha value is -2.08. The Balaban J connectivity index is 1.71. The van der Waals surface area contributed by atoms with Gasteiger partial charge >= 0.3 is 0 Å². The molecule has 1 aliphatic heterocycles. The van der Waals surface area contributed by atoms with Gasteiger partial charge in [-0.25, -0.2) is 0 Å². The predicted octanol–water partition coefficient (Wildman–Crippen LogP) is 1.58. The van der Waals surface area contributed by atoms with Gasteiger partial charge in [-0.2, -0.15) is 0 Å². The summed E-state index contributed by atoms with van der Waals surface area (Å²) in [6, 6.07) is 10.0. The molecule has 6 heteroatoms. The van der Waals surface area contributed by atoms with Gasteiger partial charge in [0, 0.05) is 59.7 Å². The van der Waals surface area contributed by atoms with Crippen LogP contribution in [0.4, 0.5) is 0 Å². The number of rotatable bonds is 7. The normalized spacial score (nSPS) is 17.4. The van der Waals surface area contributed by atoms with Crippen LogP contribution >= 0.6 is 0 Å². The van der Waals surface area contributed by atoms with Crippen LogP contribution in [0, 0.1) is 5.92 Å². The zero-order valence-corrected chi connectivity index (χ0v) is 15.6. The molecule has 138 valence electrons. The molecule has 1 unspecified atom stereocenters. The van der Waals surface area contributed by atoms with E-state index in [9.17, 15) is 4.79 Å². The van der Waals surface area contributed by atoms with Crippen molar-refractivity contribution in [1.29, 1.82) is 0 Å². The van der Waals surface area contributed by atoms with Gasteiger partial charge in [0.05, 0.1) is 6.61 Å². The number of nitrogens with one attached hydrogen (secondary N) is 1. The maximum Gasteiger partial charge on any atom is 0.224 e. The van der Waals surface area contributed by atoms with Gasteiger partial charge in [0.2, 0.25) is 5.91 Å². The SMILES string of the molecule is CN=C(NCCC(=O)N(C)Cc1ccccc1)N(C)CC1CCOC1. The quantitative estimate of drug-likeness (QED) is 0.602. The zero-order valence-electron chi connectivity index (χ0n) is 15.6. The van der Waals surface area contributed by atoms with Crippen molar-refractivity contribution in [2.45, 2.75) is 19.4 Å². The molecule has 1 amide bonds. The number of hydrogen-bond acceptors (Lipinski definition) is 3. The summed E-state index contributed by atoms with van der Waals surface area (Å²) < 4.78 is 5.42. The Labute approximate surface area is 150 Å². The molecular weight excluding hydrogens is 316 g/mol. The van der Waals surface area contributed by atoms with Crippen molar-refractivity contribution in [3.63, 3.8) is 0 Å². The number of hydrogen-bond donors (Lipinski definition) is 1. The van der Waals surface area contributed by atoms with Crippen LogP contribution in [0.5, 0.6) is 0 Å². The fraction of sp³-hybridized carbons (Fsp3) is 0.579. The van der Waals surface area contributed by atoms with E-state index in [0.29, 0.717) is 25.4 Å². The third-order valence-corrected chi connectivity index (χ3v) is 4.44. The topological polar surface area (TPSA) is 57.2 Å². The molecule has 1 aliphatic rings. The Morgan fingerprint density at radius 3 is 2.68 bits per heavy atom. The summed E-state index contributed by atoms with van der Waals surface area (Å²) in [5, 5.41) is 3.28. The van der Waals surface area contributed by atoms with Gasteiger partial charge in [0.25, 0.3) is 0 Å². The molecular formula is C19H30N4O2. The number of carbonyl (C=O) groups excluding carboxylic acids is 1. The molecule has 0 aliphatic carbocycles. The monoisotopic (exact) mass is 346 g/mol. The van der Waals surface area contributed by atoms with Crippen molar-refractivity contribution in [3.8, 4) is 0 Å². The van der Waals surface area contributed by atoms with Gasteiger partial charge in [-0.3, -0.25) is 9.79 Å². The summed E-state index contributed by atoms with van der Waals surface area (Å²) in [6.07, 6.45) is 1.55. The van der Waals surface area contributed by atoms with Gasteiger partial charge < -0.3 is 19.9 Å².